The van der Waals surface area contributed by atoms with Gasteiger partial charge in [-0.1, -0.05) is 0 Å². The second-order valence-corrected chi connectivity index (χ2v) is 5.43. The minimum absolute atomic E-state index is 0.122. The summed E-state index contributed by atoms with van der Waals surface area (Å²) < 4.78 is 5.38. The average Bonchev–Trinajstić information content (AvgIpc) is 2.68. The maximum absolute atomic E-state index is 12.3. The van der Waals surface area contributed by atoms with Gasteiger partial charge in [-0.2, -0.15) is 0 Å². The highest BCUT2D eigenvalue weighted by Crippen LogP contribution is 2.16. The Morgan fingerprint density at radius 1 is 1.12 bits per heavy atom. The molecule has 0 unspecified atom stereocenters. The Hall–Kier alpha value is -3.21. The first-order valence-electron chi connectivity index (χ1n) is 8.12. The quantitative estimate of drug-likeness (QED) is 0.750. The molecule has 2 heterocycles. The van der Waals surface area contributed by atoms with E-state index >= 15 is 0 Å². The largest absolute Gasteiger partial charge is 0.494 e. The molecule has 1 aromatic carbocycles. The second kappa shape index (κ2) is 8.06. The molecular weight excluding hydrogens is 314 g/mol. The first-order valence-corrected chi connectivity index (χ1v) is 8.12. The monoisotopic (exact) mass is 333 g/mol. The highest BCUT2D eigenvalue weighted by Gasteiger charge is 2.06. The first-order chi connectivity index (χ1) is 12.3. The molecule has 0 aliphatic heterocycles. The average molecular weight is 333 g/mol. The maximum Gasteiger partial charge on any atom is 0.251 e. The predicted molar refractivity (Wildman–Crippen MR) is 96.2 cm³/mol. The zero-order chi connectivity index (χ0) is 17.5. The van der Waals surface area contributed by atoms with Crippen molar-refractivity contribution in [1.29, 1.82) is 0 Å². The lowest BCUT2D eigenvalue weighted by Crippen LogP contribution is -2.22. The van der Waals surface area contributed by atoms with Gasteiger partial charge in [-0.25, -0.2) is 0 Å². The SMILES string of the molecule is CCOc1ccc(C(=O)NCc2ccnc(-c3cccnc3)c2)cc1. The van der Waals surface area contributed by atoms with E-state index in [1.54, 1.807) is 42.9 Å². The molecule has 25 heavy (non-hydrogen) atoms. The third-order valence-corrected chi connectivity index (χ3v) is 3.66. The van der Waals surface area contributed by atoms with E-state index in [0.29, 0.717) is 18.7 Å². The van der Waals surface area contributed by atoms with Crippen molar-refractivity contribution in [2.45, 2.75) is 13.5 Å². The summed E-state index contributed by atoms with van der Waals surface area (Å²) in [6, 6.07) is 14.8. The number of hydrogen-bond donors (Lipinski definition) is 1. The van der Waals surface area contributed by atoms with Crippen LogP contribution in [0.3, 0.4) is 0 Å². The summed E-state index contributed by atoms with van der Waals surface area (Å²) in [5.41, 5.74) is 3.36. The van der Waals surface area contributed by atoms with Gasteiger partial charge in [-0.05, 0) is 61.0 Å². The molecular formula is C20H19N3O2. The van der Waals surface area contributed by atoms with Crippen LogP contribution in [0.25, 0.3) is 11.3 Å². The molecule has 3 aromatic rings. The fraction of sp³-hybridized carbons (Fsp3) is 0.150. The summed E-state index contributed by atoms with van der Waals surface area (Å²) in [5, 5.41) is 2.92. The number of rotatable bonds is 6. The summed E-state index contributed by atoms with van der Waals surface area (Å²) in [7, 11) is 0. The number of carbonyl (C=O) groups is 1. The maximum atomic E-state index is 12.3. The van der Waals surface area contributed by atoms with E-state index in [1.807, 2.05) is 31.2 Å². The summed E-state index contributed by atoms with van der Waals surface area (Å²) in [4.78, 5) is 20.7. The van der Waals surface area contributed by atoms with Crippen molar-refractivity contribution in [3.05, 3.63) is 78.2 Å². The molecule has 0 aliphatic rings. The molecule has 0 saturated heterocycles. The molecule has 5 nitrogen and oxygen atoms in total. The van der Waals surface area contributed by atoms with Crippen molar-refractivity contribution < 1.29 is 9.53 Å². The van der Waals surface area contributed by atoms with Crippen molar-refractivity contribution in [3.63, 3.8) is 0 Å². The van der Waals surface area contributed by atoms with E-state index in [0.717, 1.165) is 22.6 Å². The molecule has 1 N–H and O–H groups in total. The Balaban J connectivity index is 1.64. The smallest absolute Gasteiger partial charge is 0.251 e. The van der Waals surface area contributed by atoms with E-state index in [1.165, 1.54) is 0 Å². The fourth-order valence-electron chi connectivity index (χ4n) is 2.41. The number of benzene rings is 1. The van der Waals surface area contributed by atoms with E-state index in [9.17, 15) is 4.79 Å². The number of ether oxygens (including phenoxy) is 1. The third kappa shape index (κ3) is 4.41. The fourth-order valence-corrected chi connectivity index (χ4v) is 2.41. The molecule has 0 radical (unpaired) electrons. The Kier molecular flexibility index (Phi) is 5.36. The van der Waals surface area contributed by atoms with Gasteiger partial charge in [-0.3, -0.25) is 14.8 Å². The van der Waals surface area contributed by atoms with Crippen molar-refractivity contribution in [2.75, 3.05) is 6.61 Å². The lowest BCUT2D eigenvalue weighted by Gasteiger charge is -2.08. The van der Waals surface area contributed by atoms with Gasteiger partial charge in [-0.15, -0.1) is 0 Å². The van der Waals surface area contributed by atoms with E-state index in [4.69, 9.17) is 4.74 Å². The van der Waals surface area contributed by atoms with Crippen LogP contribution in [0.4, 0.5) is 0 Å². The van der Waals surface area contributed by atoms with E-state index in [2.05, 4.69) is 15.3 Å². The van der Waals surface area contributed by atoms with Crippen molar-refractivity contribution >= 4 is 5.91 Å². The molecule has 3 rings (SSSR count). The number of nitrogens with one attached hydrogen (secondary N) is 1. The highest BCUT2D eigenvalue weighted by atomic mass is 16.5. The number of carbonyl (C=O) groups excluding carboxylic acids is 1. The minimum Gasteiger partial charge on any atom is -0.494 e. The van der Waals surface area contributed by atoms with Crippen LogP contribution in [-0.2, 0) is 6.54 Å². The van der Waals surface area contributed by atoms with Crippen molar-refractivity contribution in [3.8, 4) is 17.0 Å². The van der Waals surface area contributed by atoms with Crippen LogP contribution in [0.2, 0.25) is 0 Å². The topological polar surface area (TPSA) is 64.1 Å². The van der Waals surface area contributed by atoms with E-state index < -0.39 is 0 Å². The molecule has 0 spiro atoms. The Labute approximate surface area is 146 Å². The standard InChI is InChI=1S/C20H19N3O2/c1-2-25-18-7-5-16(6-8-18)20(24)23-13-15-9-11-22-19(12-15)17-4-3-10-21-14-17/h3-12,14H,2,13H2,1H3,(H,23,24). The Morgan fingerprint density at radius 2 is 1.96 bits per heavy atom. The van der Waals surface area contributed by atoms with Gasteiger partial charge in [0.25, 0.3) is 5.91 Å². The van der Waals surface area contributed by atoms with Gasteiger partial charge >= 0.3 is 0 Å². The summed E-state index contributed by atoms with van der Waals surface area (Å²) >= 11 is 0. The number of aromatic nitrogens is 2. The van der Waals surface area contributed by atoms with Gasteiger partial charge in [0.05, 0.1) is 12.3 Å². The molecule has 2 aromatic heterocycles. The molecule has 1 amide bonds. The first kappa shape index (κ1) is 16.6. The van der Waals surface area contributed by atoms with Gasteiger partial charge in [0, 0.05) is 36.3 Å². The van der Waals surface area contributed by atoms with Gasteiger partial charge in [0.15, 0.2) is 0 Å². The number of hydrogen-bond acceptors (Lipinski definition) is 4. The molecule has 0 bridgehead atoms. The molecule has 0 aliphatic carbocycles. The number of amides is 1. The summed E-state index contributed by atoms with van der Waals surface area (Å²) in [6.07, 6.45) is 5.23. The van der Waals surface area contributed by atoms with Crippen LogP contribution >= 0.6 is 0 Å². The van der Waals surface area contributed by atoms with Crippen LogP contribution in [0.15, 0.2) is 67.1 Å². The lowest BCUT2D eigenvalue weighted by atomic mass is 10.1. The highest BCUT2D eigenvalue weighted by molar-refractivity contribution is 5.94. The second-order valence-electron chi connectivity index (χ2n) is 5.43. The Bertz CT molecular complexity index is 833. The van der Waals surface area contributed by atoms with Crippen LogP contribution in [0.1, 0.15) is 22.8 Å². The number of nitrogens with zero attached hydrogens (tertiary/aromatic N) is 2. The lowest BCUT2D eigenvalue weighted by molar-refractivity contribution is 0.0951. The third-order valence-electron chi connectivity index (χ3n) is 3.66. The molecule has 0 fully saturated rings. The van der Waals surface area contributed by atoms with Crippen molar-refractivity contribution in [1.82, 2.24) is 15.3 Å². The normalized spacial score (nSPS) is 10.3. The molecule has 0 atom stereocenters. The minimum atomic E-state index is -0.122. The zero-order valence-corrected chi connectivity index (χ0v) is 14.0. The molecule has 126 valence electrons. The zero-order valence-electron chi connectivity index (χ0n) is 14.0. The summed E-state index contributed by atoms with van der Waals surface area (Å²) in [6.45, 7) is 2.96. The van der Waals surface area contributed by atoms with Gasteiger partial charge in [0.2, 0.25) is 0 Å². The van der Waals surface area contributed by atoms with Crippen LogP contribution < -0.4 is 10.1 Å². The summed E-state index contributed by atoms with van der Waals surface area (Å²) in [5.74, 6) is 0.636. The van der Waals surface area contributed by atoms with Crippen LogP contribution in [0, 0.1) is 0 Å². The van der Waals surface area contributed by atoms with Gasteiger partial charge < -0.3 is 10.1 Å². The van der Waals surface area contributed by atoms with Crippen LogP contribution in [-0.4, -0.2) is 22.5 Å². The van der Waals surface area contributed by atoms with Crippen LogP contribution in [0.5, 0.6) is 5.75 Å². The van der Waals surface area contributed by atoms with Gasteiger partial charge in [0.1, 0.15) is 5.75 Å². The molecule has 0 saturated carbocycles. The van der Waals surface area contributed by atoms with Crippen molar-refractivity contribution in [2.24, 2.45) is 0 Å². The number of pyridine rings is 2. The predicted octanol–water partition coefficient (Wildman–Crippen LogP) is 3.47. The Morgan fingerprint density at radius 3 is 2.68 bits per heavy atom. The van der Waals surface area contributed by atoms with E-state index in [-0.39, 0.29) is 5.91 Å². The molecule has 5 heteroatoms.